The summed E-state index contributed by atoms with van der Waals surface area (Å²) in [5.41, 5.74) is 1.22. The minimum Gasteiger partial charge on any atom is -0.347 e. The smallest absolute Gasteiger partial charge is 0.323 e. The van der Waals surface area contributed by atoms with Crippen LogP contribution < -0.4 is 10.6 Å². The maximum absolute atomic E-state index is 11.9. The third-order valence-corrected chi connectivity index (χ3v) is 3.35. The Kier molecular flexibility index (Phi) is 5.39. The number of hydrogen-bond donors (Lipinski definition) is 2. The van der Waals surface area contributed by atoms with Gasteiger partial charge in [0.15, 0.2) is 0 Å². The molecule has 2 N–H and O–H groups in total. The molecule has 1 heterocycles. The van der Waals surface area contributed by atoms with Crippen molar-refractivity contribution in [2.75, 3.05) is 24.7 Å². The van der Waals surface area contributed by atoms with Crippen molar-refractivity contribution >= 4 is 34.9 Å². The minimum atomic E-state index is -0.491. The molecule has 0 fully saturated rings. The number of nitrogens with one attached hydrogen (secondary N) is 2. The zero-order valence-corrected chi connectivity index (χ0v) is 13.8. The first-order valence-corrected chi connectivity index (χ1v) is 7.27. The standard InChI is InChI=1S/C15H15ClN6O2/c1-21(2)14(23)9-22-8-12(7-18-22)20-15(24)19-11-4-3-10(6-17)13(16)5-11/h3-5,7-8H,9H2,1-2H3,(H2,19,20,24). The molecule has 0 radical (unpaired) electrons. The lowest BCUT2D eigenvalue weighted by atomic mass is 10.2. The van der Waals surface area contributed by atoms with E-state index in [2.05, 4.69) is 15.7 Å². The van der Waals surface area contributed by atoms with Gasteiger partial charge in [-0.2, -0.15) is 10.4 Å². The molecule has 0 aliphatic rings. The van der Waals surface area contributed by atoms with Crippen molar-refractivity contribution in [1.29, 1.82) is 5.26 Å². The highest BCUT2D eigenvalue weighted by molar-refractivity contribution is 6.32. The van der Waals surface area contributed by atoms with E-state index in [4.69, 9.17) is 16.9 Å². The number of anilines is 2. The molecular formula is C15H15ClN6O2. The van der Waals surface area contributed by atoms with Crippen molar-refractivity contribution in [3.63, 3.8) is 0 Å². The number of benzene rings is 1. The fraction of sp³-hybridized carbons (Fsp3) is 0.200. The van der Waals surface area contributed by atoms with E-state index in [1.807, 2.05) is 6.07 Å². The van der Waals surface area contributed by atoms with Crippen LogP contribution in [0.3, 0.4) is 0 Å². The molecule has 0 atom stereocenters. The molecule has 3 amide bonds. The molecule has 2 rings (SSSR count). The highest BCUT2D eigenvalue weighted by Gasteiger charge is 2.09. The number of nitrogens with zero attached hydrogens (tertiary/aromatic N) is 4. The van der Waals surface area contributed by atoms with Crippen LogP contribution in [0.15, 0.2) is 30.6 Å². The molecule has 0 saturated heterocycles. The summed E-state index contributed by atoms with van der Waals surface area (Å²) in [6, 6.07) is 6.02. The monoisotopic (exact) mass is 346 g/mol. The fourth-order valence-electron chi connectivity index (χ4n) is 1.77. The van der Waals surface area contributed by atoms with Crippen LogP contribution in [0.25, 0.3) is 0 Å². The Morgan fingerprint density at radius 3 is 2.67 bits per heavy atom. The van der Waals surface area contributed by atoms with E-state index in [-0.39, 0.29) is 17.5 Å². The molecule has 1 aromatic carbocycles. The summed E-state index contributed by atoms with van der Waals surface area (Å²) < 4.78 is 1.43. The summed E-state index contributed by atoms with van der Waals surface area (Å²) in [6.07, 6.45) is 2.99. The van der Waals surface area contributed by atoms with Gasteiger partial charge in [0.2, 0.25) is 5.91 Å². The second kappa shape index (κ2) is 7.48. The van der Waals surface area contributed by atoms with Crippen LogP contribution in [0, 0.1) is 11.3 Å². The molecule has 0 bridgehead atoms. The number of hydrogen-bond acceptors (Lipinski definition) is 4. The topological polar surface area (TPSA) is 103 Å². The molecule has 0 unspecified atom stereocenters. The molecule has 9 heteroatoms. The highest BCUT2D eigenvalue weighted by Crippen LogP contribution is 2.20. The number of amides is 3. The largest absolute Gasteiger partial charge is 0.347 e. The van der Waals surface area contributed by atoms with Gasteiger partial charge in [0.05, 0.1) is 22.5 Å². The molecule has 0 aliphatic carbocycles. The molecule has 1 aromatic heterocycles. The van der Waals surface area contributed by atoms with Gasteiger partial charge in [-0.3, -0.25) is 9.48 Å². The van der Waals surface area contributed by atoms with Gasteiger partial charge in [-0.05, 0) is 18.2 Å². The van der Waals surface area contributed by atoms with E-state index in [1.165, 1.54) is 27.9 Å². The van der Waals surface area contributed by atoms with Gasteiger partial charge in [-0.1, -0.05) is 11.6 Å². The molecular weight excluding hydrogens is 332 g/mol. The van der Waals surface area contributed by atoms with Crippen molar-refractivity contribution in [2.45, 2.75) is 6.54 Å². The van der Waals surface area contributed by atoms with Crippen molar-refractivity contribution < 1.29 is 9.59 Å². The normalized spacial score (nSPS) is 9.92. The molecule has 0 spiro atoms. The Labute approximate surface area is 143 Å². The highest BCUT2D eigenvalue weighted by atomic mass is 35.5. The maximum atomic E-state index is 11.9. The van der Waals surface area contributed by atoms with Crippen LogP contribution in [0.5, 0.6) is 0 Å². The summed E-state index contributed by atoms with van der Waals surface area (Å²) in [6.45, 7) is 0.0849. The first kappa shape index (κ1) is 17.3. The Morgan fingerprint density at radius 1 is 1.33 bits per heavy atom. The van der Waals surface area contributed by atoms with Crippen molar-refractivity contribution in [3.05, 3.63) is 41.2 Å². The summed E-state index contributed by atoms with van der Waals surface area (Å²) in [4.78, 5) is 25.0. The second-order valence-corrected chi connectivity index (χ2v) is 5.51. The maximum Gasteiger partial charge on any atom is 0.323 e. The summed E-state index contributed by atoms with van der Waals surface area (Å²) in [5.74, 6) is -0.110. The van der Waals surface area contributed by atoms with Gasteiger partial charge >= 0.3 is 6.03 Å². The third kappa shape index (κ3) is 4.47. The minimum absolute atomic E-state index is 0.0849. The quantitative estimate of drug-likeness (QED) is 0.885. The average Bonchev–Trinajstić information content (AvgIpc) is 2.94. The zero-order valence-electron chi connectivity index (χ0n) is 13.1. The fourth-order valence-corrected chi connectivity index (χ4v) is 1.99. The Morgan fingerprint density at radius 2 is 2.04 bits per heavy atom. The van der Waals surface area contributed by atoms with Crippen LogP contribution in [0.4, 0.5) is 16.2 Å². The lowest BCUT2D eigenvalue weighted by Gasteiger charge is -2.09. The average molecular weight is 347 g/mol. The van der Waals surface area contributed by atoms with Gasteiger partial charge in [0.25, 0.3) is 0 Å². The number of rotatable bonds is 4. The number of likely N-dealkylation sites (N-methyl/N-ethyl adjacent to an activating group) is 1. The van der Waals surface area contributed by atoms with Gasteiger partial charge < -0.3 is 15.5 Å². The molecule has 0 aliphatic heterocycles. The number of urea groups is 1. The number of nitriles is 1. The first-order chi connectivity index (χ1) is 11.4. The van der Waals surface area contributed by atoms with Crippen molar-refractivity contribution in [2.24, 2.45) is 0 Å². The first-order valence-electron chi connectivity index (χ1n) is 6.89. The van der Waals surface area contributed by atoms with Crippen LogP contribution in [0.2, 0.25) is 5.02 Å². The van der Waals surface area contributed by atoms with Crippen molar-refractivity contribution in [3.8, 4) is 6.07 Å². The zero-order chi connectivity index (χ0) is 17.7. The summed E-state index contributed by atoms with van der Waals surface area (Å²) in [5, 5.41) is 18.3. The van der Waals surface area contributed by atoms with Crippen LogP contribution in [-0.2, 0) is 11.3 Å². The predicted molar refractivity (Wildman–Crippen MR) is 89.7 cm³/mol. The van der Waals surface area contributed by atoms with E-state index >= 15 is 0 Å². The van der Waals surface area contributed by atoms with Gasteiger partial charge in [0.1, 0.15) is 12.6 Å². The third-order valence-electron chi connectivity index (χ3n) is 3.03. The van der Waals surface area contributed by atoms with Crippen molar-refractivity contribution in [1.82, 2.24) is 14.7 Å². The van der Waals surface area contributed by atoms with E-state index < -0.39 is 6.03 Å². The molecule has 2 aromatic rings. The van der Waals surface area contributed by atoms with E-state index in [0.717, 1.165) is 0 Å². The van der Waals surface area contributed by atoms with E-state index in [0.29, 0.717) is 16.9 Å². The van der Waals surface area contributed by atoms with E-state index in [1.54, 1.807) is 26.4 Å². The lowest BCUT2D eigenvalue weighted by molar-refractivity contribution is -0.129. The lowest BCUT2D eigenvalue weighted by Crippen LogP contribution is -2.26. The van der Waals surface area contributed by atoms with E-state index in [9.17, 15) is 9.59 Å². The van der Waals surface area contributed by atoms with Crippen LogP contribution in [0.1, 0.15) is 5.56 Å². The molecule has 24 heavy (non-hydrogen) atoms. The predicted octanol–water partition coefficient (Wildman–Crippen LogP) is 2.14. The number of halogens is 1. The number of carbonyl (C=O) groups is 2. The Balaban J connectivity index is 1.95. The Bertz CT molecular complexity index is 809. The number of carbonyl (C=O) groups excluding carboxylic acids is 2. The Hall–Kier alpha value is -3.05. The van der Waals surface area contributed by atoms with Gasteiger partial charge in [0, 0.05) is 26.0 Å². The van der Waals surface area contributed by atoms with Crippen LogP contribution >= 0.6 is 11.6 Å². The summed E-state index contributed by atoms with van der Waals surface area (Å²) in [7, 11) is 3.31. The second-order valence-electron chi connectivity index (χ2n) is 5.10. The van der Waals surface area contributed by atoms with Gasteiger partial charge in [-0.25, -0.2) is 4.79 Å². The SMILES string of the molecule is CN(C)C(=O)Cn1cc(NC(=O)Nc2ccc(C#N)c(Cl)c2)cn1. The van der Waals surface area contributed by atoms with Crippen LogP contribution in [-0.4, -0.2) is 40.7 Å². The molecule has 0 saturated carbocycles. The molecule has 8 nitrogen and oxygen atoms in total. The summed E-state index contributed by atoms with van der Waals surface area (Å²) >= 11 is 5.91. The molecule has 124 valence electrons. The number of aromatic nitrogens is 2. The van der Waals surface area contributed by atoms with Gasteiger partial charge in [-0.15, -0.1) is 0 Å².